The topological polar surface area (TPSA) is 74.5 Å². The molecule has 3 rings (SSSR count). The van der Waals surface area contributed by atoms with Crippen molar-refractivity contribution in [2.24, 2.45) is 0 Å². The molecular weight excluding hydrogens is 328 g/mol. The van der Waals surface area contributed by atoms with Crippen molar-refractivity contribution in [2.45, 2.75) is 0 Å². The molecule has 0 radical (unpaired) electrons. The smallest absolute Gasteiger partial charge is 0.161 e. The molecule has 0 spiro atoms. The molecule has 0 aliphatic carbocycles. The number of nitrogens with zero attached hydrogens (tertiary/aromatic N) is 4. The molecule has 5 nitrogen and oxygen atoms in total. The first-order valence-corrected chi connectivity index (χ1v) is 6.78. The van der Waals surface area contributed by atoms with E-state index in [9.17, 15) is 4.39 Å². The van der Waals surface area contributed by atoms with Gasteiger partial charge in [0.1, 0.15) is 28.1 Å². The number of hydrogen-bond acceptors (Lipinski definition) is 5. The van der Waals surface area contributed by atoms with Gasteiger partial charge in [0.05, 0.1) is 16.8 Å². The number of fused-ring (bicyclic) bond motifs is 1. The SMILES string of the molecule is N#Cc1ccc(Nc2ncnc3ccc(Cl)nc23)c(Cl)c1F. The Balaban J connectivity index is 2.10. The highest BCUT2D eigenvalue weighted by Gasteiger charge is 2.13. The second-order valence-corrected chi connectivity index (χ2v) is 5.01. The van der Waals surface area contributed by atoms with Gasteiger partial charge in [-0.2, -0.15) is 5.26 Å². The molecule has 0 unspecified atom stereocenters. The van der Waals surface area contributed by atoms with Crippen molar-refractivity contribution in [3.8, 4) is 6.07 Å². The van der Waals surface area contributed by atoms with Crippen LogP contribution in [0.2, 0.25) is 10.2 Å². The van der Waals surface area contributed by atoms with Crippen LogP contribution in [0.4, 0.5) is 15.9 Å². The summed E-state index contributed by atoms with van der Waals surface area (Å²) < 4.78 is 13.9. The highest BCUT2D eigenvalue weighted by molar-refractivity contribution is 6.33. The maximum Gasteiger partial charge on any atom is 0.161 e. The first-order valence-electron chi connectivity index (χ1n) is 6.02. The van der Waals surface area contributed by atoms with E-state index in [1.807, 2.05) is 0 Å². The Labute approximate surface area is 134 Å². The molecule has 0 atom stereocenters. The van der Waals surface area contributed by atoms with Gasteiger partial charge < -0.3 is 5.32 Å². The average molecular weight is 334 g/mol. The molecule has 0 saturated carbocycles. The zero-order valence-electron chi connectivity index (χ0n) is 10.8. The molecular formula is C14H6Cl2FN5. The summed E-state index contributed by atoms with van der Waals surface area (Å²) in [5, 5.41) is 11.7. The summed E-state index contributed by atoms with van der Waals surface area (Å²) in [6.45, 7) is 0. The predicted octanol–water partition coefficient (Wildman–Crippen LogP) is 4.09. The summed E-state index contributed by atoms with van der Waals surface area (Å²) in [5.41, 5.74) is 1.13. The molecule has 0 bridgehead atoms. The van der Waals surface area contributed by atoms with Gasteiger partial charge in [0.2, 0.25) is 0 Å². The van der Waals surface area contributed by atoms with Gasteiger partial charge in [0.25, 0.3) is 0 Å². The summed E-state index contributed by atoms with van der Waals surface area (Å²) >= 11 is 11.8. The molecule has 0 amide bonds. The fourth-order valence-electron chi connectivity index (χ4n) is 1.87. The van der Waals surface area contributed by atoms with E-state index in [1.165, 1.54) is 18.5 Å². The summed E-state index contributed by atoms with van der Waals surface area (Å²) in [6.07, 6.45) is 1.34. The van der Waals surface area contributed by atoms with Crippen LogP contribution in [0, 0.1) is 17.1 Å². The van der Waals surface area contributed by atoms with Gasteiger partial charge in [-0.15, -0.1) is 0 Å². The lowest BCUT2D eigenvalue weighted by Gasteiger charge is -2.10. The lowest BCUT2D eigenvalue weighted by atomic mass is 10.2. The van der Waals surface area contributed by atoms with Gasteiger partial charge in [-0.3, -0.25) is 0 Å². The van der Waals surface area contributed by atoms with Crippen LogP contribution in [0.15, 0.2) is 30.6 Å². The Kier molecular flexibility index (Phi) is 3.75. The van der Waals surface area contributed by atoms with E-state index < -0.39 is 5.82 Å². The van der Waals surface area contributed by atoms with Crippen molar-refractivity contribution in [3.05, 3.63) is 52.1 Å². The van der Waals surface area contributed by atoms with E-state index in [0.717, 1.165) is 0 Å². The summed E-state index contributed by atoms with van der Waals surface area (Å²) in [4.78, 5) is 12.3. The number of rotatable bonds is 2. The Hall–Kier alpha value is -2.49. The van der Waals surface area contributed by atoms with Crippen LogP contribution >= 0.6 is 23.2 Å². The normalized spacial score (nSPS) is 10.5. The Morgan fingerprint density at radius 2 is 1.95 bits per heavy atom. The van der Waals surface area contributed by atoms with E-state index in [4.69, 9.17) is 28.5 Å². The van der Waals surface area contributed by atoms with E-state index in [2.05, 4.69) is 20.3 Å². The summed E-state index contributed by atoms with van der Waals surface area (Å²) in [7, 11) is 0. The van der Waals surface area contributed by atoms with E-state index >= 15 is 0 Å². The van der Waals surface area contributed by atoms with Crippen molar-refractivity contribution in [2.75, 3.05) is 5.32 Å². The molecule has 22 heavy (non-hydrogen) atoms. The average Bonchev–Trinajstić information content (AvgIpc) is 2.52. The largest absolute Gasteiger partial charge is 0.337 e. The number of hydrogen-bond donors (Lipinski definition) is 1. The fourth-order valence-corrected chi connectivity index (χ4v) is 2.23. The zero-order chi connectivity index (χ0) is 15.7. The Morgan fingerprint density at radius 3 is 2.73 bits per heavy atom. The van der Waals surface area contributed by atoms with Gasteiger partial charge >= 0.3 is 0 Å². The zero-order valence-corrected chi connectivity index (χ0v) is 12.3. The minimum Gasteiger partial charge on any atom is -0.337 e. The summed E-state index contributed by atoms with van der Waals surface area (Å²) in [5.74, 6) is -0.461. The third-order valence-corrected chi connectivity index (χ3v) is 3.48. The third kappa shape index (κ3) is 2.52. The number of benzene rings is 1. The molecule has 0 aliphatic rings. The highest BCUT2D eigenvalue weighted by atomic mass is 35.5. The van der Waals surface area contributed by atoms with Gasteiger partial charge in [-0.1, -0.05) is 23.2 Å². The van der Waals surface area contributed by atoms with Crippen molar-refractivity contribution < 1.29 is 4.39 Å². The molecule has 1 N–H and O–H groups in total. The van der Waals surface area contributed by atoms with Crippen LogP contribution in [0.5, 0.6) is 0 Å². The van der Waals surface area contributed by atoms with Crippen LogP contribution in [-0.2, 0) is 0 Å². The number of pyridine rings is 1. The highest BCUT2D eigenvalue weighted by Crippen LogP contribution is 2.31. The summed E-state index contributed by atoms with van der Waals surface area (Å²) in [6, 6.07) is 7.84. The van der Waals surface area contributed by atoms with Gasteiger partial charge in [-0.25, -0.2) is 19.3 Å². The van der Waals surface area contributed by atoms with Crippen molar-refractivity contribution in [1.82, 2.24) is 15.0 Å². The van der Waals surface area contributed by atoms with Crippen LogP contribution < -0.4 is 5.32 Å². The first-order chi connectivity index (χ1) is 10.6. The van der Waals surface area contributed by atoms with Gasteiger partial charge in [0.15, 0.2) is 11.6 Å². The second-order valence-electron chi connectivity index (χ2n) is 4.25. The van der Waals surface area contributed by atoms with Crippen molar-refractivity contribution >= 4 is 45.7 Å². The van der Waals surface area contributed by atoms with Crippen LogP contribution in [-0.4, -0.2) is 15.0 Å². The Bertz CT molecular complexity index is 923. The molecule has 2 aromatic heterocycles. The fraction of sp³-hybridized carbons (Fsp3) is 0. The molecule has 0 aliphatic heterocycles. The van der Waals surface area contributed by atoms with Gasteiger partial charge in [0, 0.05) is 0 Å². The maximum absolute atomic E-state index is 13.9. The molecule has 1 aromatic carbocycles. The molecule has 0 saturated heterocycles. The number of aromatic nitrogens is 3. The number of nitriles is 1. The van der Waals surface area contributed by atoms with Gasteiger partial charge in [-0.05, 0) is 24.3 Å². The quantitative estimate of drug-likeness (QED) is 0.715. The first kappa shape index (κ1) is 14.4. The van der Waals surface area contributed by atoms with E-state index in [1.54, 1.807) is 18.2 Å². The van der Waals surface area contributed by atoms with Crippen LogP contribution in [0.3, 0.4) is 0 Å². The molecule has 2 heterocycles. The standard InChI is InChI=1S/C14H6Cl2FN5/c15-10-4-3-9-13(22-10)14(20-6-19-9)21-8-2-1-7(5-18)12(17)11(8)16/h1-4,6H,(H,19,20,21). The predicted molar refractivity (Wildman–Crippen MR) is 81.8 cm³/mol. The number of halogens is 3. The third-order valence-electron chi connectivity index (χ3n) is 2.90. The second kappa shape index (κ2) is 5.72. The minimum atomic E-state index is -0.793. The van der Waals surface area contributed by atoms with E-state index in [0.29, 0.717) is 16.9 Å². The maximum atomic E-state index is 13.9. The lowest BCUT2D eigenvalue weighted by Crippen LogP contribution is -2.00. The van der Waals surface area contributed by atoms with E-state index in [-0.39, 0.29) is 21.4 Å². The van der Waals surface area contributed by atoms with Crippen LogP contribution in [0.25, 0.3) is 11.0 Å². The molecule has 8 heteroatoms. The van der Waals surface area contributed by atoms with Crippen molar-refractivity contribution in [3.63, 3.8) is 0 Å². The number of nitrogens with one attached hydrogen (secondary N) is 1. The number of anilines is 2. The molecule has 0 fully saturated rings. The lowest BCUT2D eigenvalue weighted by molar-refractivity contribution is 0.625. The Morgan fingerprint density at radius 1 is 1.14 bits per heavy atom. The van der Waals surface area contributed by atoms with Crippen LogP contribution in [0.1, 0.15) is 5.56 Å². The molecule has 108 valence electrons. The molecule has 3 aromatic rings. The monoisotopic (exact) mass is 333 g/mol. The minimum absolute atomic E-state index is 0.135. The van der Waals surface area contributed by atoms with Crippen molar-refractivity contribution in [1.29, 1.82) is 5.26 Å².